The number of nitrogens with one attached hydrogen (secondary N) is 1. The molecule has 1 aromatic rings. The lowest BCUT2D eigenvalue weighted by Gasteiger charge is -2.47. The molecule has 0 aromatic carbocycles. The lowest BCUT2D eigenvalue weighted by molar-refractivity contribution is -0.148. The lowest BCUT2D eigenvalue weighted by atomic mass is 9.61. The van der Waals surface area contributed by atoms with Gasteiger partial charge in [-0.3, -0.25) is 4.79 Å². The van der Waals surface area contributed by atoms with E-state index < -0.39 is 17.7 Å². The highest BCUT2D eigenvalue weighted by molar-refractivity contribution is 6.28. The molecule has 3 aliphatic carbocycles. The van der Waals surface area contributed by atoms with Gasteiger partial charge in [0.15, 0.2) is 11.6 Å². The van der Waals surface area contributed by atoms with Crippen LogP contribution in [-0.4, -0.2) is 27.1 Å². The fraction of sp³-hybridized carbons (Fsp3) is 0.615. The number of carboxylic acid groups (broad SMARTS) is 1. The average Bonchev–Trinajstić information content (AvgIpc) is 2.43. The molecular weight excluding hydrogens is 285 g/mol. The quantitative estimate of drug-likeness (QED) is 0.839. The highest BCUT2D eigenvalue weighted by atomic mass is 35.5. The molecule has 0 radical (unpaired) electrons. The topological polar surface area (TPSA) is 75.1 Å². The molecule has 5 nitrogen and oxygen atoms in total. The molecule has 4 rings (SSSR count). The van der Waals surface area contributed by atoms with Gasteiger partial charge in [-0.05, 0) is 49.1 Å². The zero-order chi connectivity index (χ0) is 14.3. The summed E-state index contributed by atoms with van der Waals surface area (Å²) < 4.78 is 13.7. The van der Waals surface area contributed by atoms with E-state index in [2.05, 4.69) is 15.3 Å². The number of aliphatic carboxylic acids is 1. The summed E-state index contributed by atoms with van der Waals surface area (Å²) in [4.78, 5) is 18.9. The van der Waals surface area contributed by atoms with Crippen molar-refractivity contribution in [1.29, 1.82) is 0 Å². The van der Waals surface area contributed by atoms with Gasteiger partial charge >= 0.3 is 5.97 Å². The molecule has 3 aliphatic rings. The number of carbonyl (C=O) groups is 1. The second kappa shape index (κ2) is 5.16. The number of hydrogen-bond donors (Lipinski definition) is 2. The Hall–Kier alpha value is -1.43. The number of carboxylic acids is 1. The Balaban J connectivity index is 1.87. The molecule has 0 amide bonds. The van der Waals surface area contributed by atoms with Crippen molar-refractivity contribution >= 4 is 23.4 Å². The number of halogens is 2. The van der Waals surface area contributed by atoms with Gasteiger partial charge in [0.1, 0.15) is 0 Å². The summed E-state index contributed by atoms with van der Waals surface area (Å²) in [5, 5.41) is 12.3. The smallest absolute Gasteiger partial charge is 0.308 e. The lowest BCUT2D eigenvalue weighted by Crippen LogP contribution is -2.51. The molecule has 2 N–H and O–H groups in total. The van der Waals surface area contributed by atoms with Crippen molar-refractivity contribution in [2.75, 3.05) is 5.32 Å². The molecule has 3 saturated carbocycles. The van der Waals surface area contributed by atoms with Crippen LogP contribution in [-0.2, 0) is 4.79 Å². The van der Waals surface area contributed by atoms with Gasteiger partial charge < -0.3 is 10.4 Å². The van der Waals surface area contributed by atoms with E-state index in [1.165, 1.54) is 0 Å². The molecule has 2 bridgehead atoms. The van der Waals surface area contributed by atoms with Gasteiger partial charge in [-0.1, -0.05) is 0 Å². The van der Waals surface area contributed by atoms with Crippen LogP contribution in [0.1, 0.15) is 25.7 Å². The summed E-state index contributed by atoms with van der Waals surface area (Å²) >= 11 is 5.67. The van der Waals surface area contributed by atoms with Crippen LogP contribution >= 0.6 is 11.6 Å². The molecule has 7 heteroatoms. The summed E-state index contributed by atoms with van der Waals surface area (Å²) in [6.45, 7) is 0. The fourth-order valence-corrected chi connectivity index (χ4v) is 3.75. The Morgan fingerprint density at radius 2 is 2.00 bits per heavy atom. The SMILES string of the molecule is O=C(O)C1[C@H]2CC[C@H](CC2)[C@@H]1Nc1nc(Cl)ncc1F. The first kappa shape index (κ1) is 13.5. The Morgan fingerprint density at radius 3 is 2.65 bits per heavy atom. The predicted molar refractivity (Wildman–Crippen MR) is 71.0 cm³/mol. The molecule has 108 valence electrons. The number of anilines is 1. The normalized spacial score (nSPS) is 32.1. The molecule has 0 aliphatic heterocycles. The Bertz CT molecular complexity index is 534. The molecule has 0 saturated heterocycles. The predicted octanol–water partition coefficient (Wildman–Crippen LogP) is 2.57. The maximum atomic E-state index is 13.7. The minimum atomic E-state index is -0.822. The summed E-state index contributed by atoms with van der Waals surface area (Å²) in [6.07, 6.45) is 4.83. The van der Waals surface area contributed by atoms with Crippen LogP contribution in [0.5, 0.6) is 0 Å². The van der Waals surface area contributed by atoms with Crippen LogP contribution < -0.4 is 5.32 Å². The van der Waals surface area contributed by atoms with E-state index in [1.54, 1.807) is 0 Å². The van der Waals surface area contributed by atoms with Gasteiger partial charge in [-0.2, -0.15) is 4.98 Å². The van der Waals surface area contributed by atoms with Gasteiger partial charge in [0, 0.05) is 6.04 Å². The molecule has 1 unspecified atom stereocenters. The van der Waals surface area contributed by atoms with Crippen LogP contribution in [0.15, 0.2) is 6.20 Å². The molecule has 1 aromatic heterocycles. The van der Waals surface area contributed by atoms with Gasteiger partial charge in [-0.25, -0.2) is 9.37 Å². The van der Waals surface area contributed by atoms with Crippen molar-refractivity contribution in [3.63, 3.8) is 0 Å². The monoisotopic (exact) mass is 299 g/mol. The number of rotatable bonds is 3. The highest BCUT2D eigenvalue weighted by Gasteiger charge is 2.47. The maximum absolute atomic E-state index is 13.7. The van der Waals surface area contributed by atoms with Crippen LogP contribution in [0.3, 0.4) is 0 Å². The largest absolute Gasteiger partial charge is 0.481 e. The van der Waals surface area contributed by atoms with Gasteiger partial charge in [-0.15, -0.1) is 0 Å². The van der Waals surface area contributed by atoms with Crippen LogP contribution in [0.4, 0.5) is 10.2 Å². The van der Waals surface area contributed by atoms with Crippen molar-refractivity contribution in [3.05, 3.63) is 17.3 Å². The zero-order valence-electron chi connectivity index (χ0n) is 10.7. The van der Waals surface area contributed by atoms with Crippen molar-refractivity contribution in [2.45, 2.75) is 31.7 Å². The highest BCUT2D eigenvalue weighted by Crippen LogP contribution is 2.46. The van der Waals surface area contributed by atoms with E-state index >= 15 is 0 Å². The average molecular weight is 300 g/mol. The second-order valence-corrected chi connectivity index (χ2v) is 5.88. The molecule has 0 spiro atoms. The Labute approximate surface area is 120 Å². The molecule has 3 fully saturated rings. The Kier molecular flexibility index (Phi) is 3.50. The summed E-state index contributed by atoms with van der Waals surface area (Å²) in [5.74, 6) is -1.52. The molecule has 1 heterocycles. The maximum Gasteiger partial charge on any atom is 0.308 e. The number of aromatic nitrogens is 2. The first-order valence-corrected chi connectivity index (χ1v) is 7.11. The van der Waals surface area contributed by atoms with Crippen LogP contribution in [0.25, 0.3) is 0 Å². The molecule has 2 atom stereocenters. The van der Waals surface area contributed by atoms with Gasteiger partial charge in [0.2, 0.25) is 5.28 Å². The number of nitrogens with zero attached hydrogens (tertiary/aromatic N) is 2. The summed E-state index contributed by atoms with van der Waals surface area (Å²) in [6, 6.07) is -0.291. The van der Waals surface area contributed by atoms with E-state index in [-0.39, 0.29) is 29.0 Å². The summed E-state index contributed by atoms with van der Waals surface area (Å²) in [7, 11) is 0. The molecule has 20 heavy (non-hydrogen) atoms. The van der Waals surface area contributed by atoms with Crippen molar-refractivity contribution in [2.24, 2.45) is 17.8 Å². The zero-order valence-corrected chi connectivity index (χ0v) is 11.5. The van der Waals surface area contributed by atoms with E-state index in [4.69, 9.17) is 11.6 Å². The van der Waals surface area contributed by atoms with Crippen molar-refractivity contribution in [3.8, 4) is 0 Å². The Morgan fingerprint density at radius 1 is 1.35 bits per heavy atom. The third kappa shape index (κ3) is 2.32. The van der Waals surface area contributed by atoms with Crippen molar-refractivity contribution < 1.29 is 14.3 Å². The minimum absolute atomic E-state index is 0.00574. The first-order chi connectivity index (χ1) is 9.56. The minimum Gasteiger partial charge on any atom is -0.481 e. The van der Waals surface area contributed by atoms with Crippen molar-refractivity contribution in [1.82, 2.24) is 9.97 Å². The van der Waals surface area contributed by atoms with Crippen LogP contribution in [0, 0.1) is 23.6 Å². The summed E-state index contributed by atoms with van der Waals surface area (Å²) in [5.41, 5.74) is 0. The van der Waals surface area contributed by atoms with E-state index in [9.17, 15) is 14.3 Å². The van der Waals surface area contributed by atoms with E-state index in [1.807, 2.05) is 0 Å². The van der Waals surface area contributed by atoms with E-state index in [0.29, 0.717) is 0 Å². The van der Waals surface area contributed by atoms with Crippen LogP contribution in [0.2, 0.25) is 5.28 Å². The third-order valence-electron chi connectivity index (χ3n) is 4.52. The third-order valence-corrected chi connectivity index (χ3v) is 4.70. The van der Waals surface area contributed by atoms with Gasteiger partial charge in [0.25, 0.3) is 0 Å². The number of hydrogen-bond acceptors (Lipinski definition) is 4. The standard InChI is InChI=1S/C13H15ClFN3O2/c14-13-16-5-8(15)11(18-13)17-10-7-3-1-6(2-4-7)9(10)12(19)20/h5-7,9-10H,1-4H2,(H,19,20)(H,16,17,18)/t6-,7+,9?,10-/m0/s1. The van der Waals surface area contributed by atoms with Gasteiger partial charge in [0.05, 0.1) is 12.1 Å². The first-order valence-electron chi connectivity index (χ1n) is 6.73. The second-order valence-electron chi connectivity index (χ2n) is 5.54. The molecular formula is C13H15ClFN3O2. The van der Waals surface area contributed by atoms with E-state index in [0.717, 1.165) is 31.9 Å². The number of fused-ring (bicyclic) bond motifs is 3. The fourth-order valence-electron chi connectivity index (χ4n) is 3.62.